The fourth-order valence-corrected chi connectivity index (χ4v) is 4.39. The highest BCUT2D eigenvalue weighted by molar-refractivity contribution is 7.13. The van der Waals surface area contributed by atoms with Crippen molar-refractivity contribution in [2.24, 2.45) is 0 Å². The Bertz CT molecular complexity index is 976. The lowest BCUT2D eigenvalue weighted by molar-refractivity contribution is 0.312. The van der Waals surface area contributed by atoms with E-state index in [2.05, 4.69) is 59.3 Å². The maximum Gasteiger partial charge on any atom is 0.129 e. The Kier molecular flexibility index (Phi) is 5.33. The second kappa shape index (κ2) is 7.89. The first-order valence-electron chi connectivity index (χ1n) is 9.56. The summed E-state index contributed by atoms with van der Waals surface area (Å²) in [6, 6.07) is 8.46. The number of ether oxygens (including phenoxy) is 1. The highest BCUT2D eigenvalue weighted by atomic mass is 32.1. The molecule has 1 aliphatic rings. The number of aromatic nitrogens is 2. The van der Waals surface area contributed by atoms with Gasteiger partial charge in [0.2, 0.25) is 0 Å². The van der Waals surface area contributed by atoms with Gasteiger partial charge in [0.15, 0.2) is 0 Å². The minimum absolute atomic E-state index is 0.919. The van der Waals surface area contributed by atoms with Crippen LogP contribution in [0.3, 0.4) is 0 Å². The molecule has 0 spiro atoms. The molecule has 2 aromatic heterocycles. The second-order valence-corrected chi connectivity index (χ2v) is 8.23. The Labute approximate surface area is 170 Å². The van der Waals surface area contributed by atoms with Crippen molar-refractivity contribution in [3.05, 3.63) is 47.0 Å². The van der Waals surface area contributed by atoms with E-state index in [-0.39, 0.29) is 0 Å². The fourth-order valence-electron chi connectivity index (χ4n) is 3.58. The van der Waals surface area contributed by atoms with Crippen LogP contribution in [-0.2, 0) is 0 Å². The molecule has 0 atom stereocenters. The largest absolute Gasteiger partial charge is 0.496 e. The van der Waals surface area contributed by atoms with Crippen LogP contribution in [0.5, 0.6) is 5.75 Å². The van der Waals surface area contributed by atoms with Crippen molar-refractivity contribution in [3.63, 3.8) is 0 Å². The van der Waals surface area contributed by atoms with E-state index in [0.29, 0.717) is 0 Å². The molecular formula is C22H26N4OS. The smallest absolute Gasteiger partial charge is 0.129 e. The van der Waals surface area contributed by atoms with Crippen LogP contribution < -0.4 is 9.64 Å². The maximum atomic E-state index is 5.44. The van der Waals surface area contributed by atoms with Gasteiger partial charge in [0.05, 0.1) is 12.8 Å². The molecule has 0 N–H and O–H groups in total. The number of methoxy groups -OCH3 is 1. The Balaban J connectivity index is 1.62. The van der Waals surface area contributed by atoms with Gasteiger partial charge in [-0.25, -0.2) is 9.97 Å². The third-order valence-corrected chi connectivity index (χ3v) is 6.23. The molecule has 5 nitrogen and oxygen atoms in total. The first-order chi connectivity index (χ1) is 13.5. The molecule has 0 unspecified atom stereocenters. The van der Waals surface area contributed by atoms with Crippen LogP contribution in [0.25, 0.3) is 21.8 Å². The van der Waals surface area contributed by atoms with Gasteiger partial charge in [-0.15, -0.1) is 11.3 Å². The van der Waals surface area contributed by atoms with E-state index in [0.717, 1.165) is 65.1 Å². The molecule has 0 amide bonds. The summed E-state index contributed by atoms with van der Waals surface area (Å²) in [5, 5.41) is 3.17. The minimum atomic E-state index is 0.919. The van der Waals surface area contributed by atoms with E-state index in [9.17, 15) is 0 Å². The number of likely N-dealkylation sites (N-methyl/N-ethyl adjacent to an activating group) is 1. The van der Waals surface area contributed by atoms with Gasteiger partial charge in [-0.2, -0.15) is 0 Å². The number of benzene rings is 1. The molecule has 1 aliphatic heterocycles. The lowest BCUT2D eigenvalue weighted by Gasteiger charge is -2.33. The summed E-state index contributed by atoms with van der Waals surface area (Å²) in [6.07, 6.45) is 1.90. The maximum absolute atomic E-state index is 5.44. The van der Waals surface area contributed by atoms with Crippen LogP contribution in [0, 0.1) is 13.8 Å². The summed E-state index contributed by atoms with van der Waals surface area (Å²) in [5.74, 6) is 1.96. The monoisotopic (exact) mass is 394 g/mol. The van der Waals surface area contributed by atoms with Gasteiger partial charge in [-0.1, -0.05) is 0 Å². The lowest BCUT2D eigenvalue weighted by Crippen LogP contribution is -2.44. The molecule has 0 bridgehead atoms. The van der Waals surface area contributed by atoms with Gasteiger partial charge in [-0.05, 0) is 56.3 Å². The fraction of sp³-hybridized carbons (Fsp3) is 0.364. The van der Waals surface area contributed by atoms with Crippen LogP contribution >= 0.6 is 11.3 Å². The average molecular weight is 395 g/mol. The highest BCUT2D eigenvalue weighted by Crippen LogP contribution is 2.34. The number of anilines is 1. The topological polar surface area (TPSA) is 41.5 Å². The van der Waals surface area contributed by atoms with Gasteiger partial charge in [0.1, 0.15) is 16.6 Å². The number of pyridine rings is 1. The molecule has 1 fully saturated rings. The molecule has 4 rings (SSSR count). The third-order valence-electron chi connectivity index (χ3n) is 5.34. The molecule has 3 heterocycles. The summed E-state index contributed by atoms with van der Waals surface area (Å²) in [4.78, 5) is 14.2. The molecule has 28 heavy (non-hydrogen) atoms. The van der Waals surface area contributed by atoms with Crippen molar-refractivity contribution in [2.75, 3.05) is 45.2 Å². The van der Waals surface area contributed by atoms with Crippen LogP contribution in [0.2, 0.25) is 0 Å². The second-order valence-electron chi connectivity index (χ2n) is 7.37. The molecule has 1 saturated heterocycles. The normalized spacial score (nSPS) is 15.1. The number of hydrogen-bond donors (Lipinski definition) is 0. The van der Waals surface area contributed by atoms with Gasteiger partial charge < -0.3 is 14.5 Å². The molecule has 146 valence electrons. The molecule has 0 saturated carbocycles. The van der Waals surface area contributed by atoms with E-state index in [1.807, 2.05) is 12.3 Å². The summed E-state index contributed by atoms with van der Waals surface area (Å²) in [7, 11) is 3.88. The standard InChI is InChI=1S/C22H26N4OS/c1-15-12-20(27-4)16(2)11-18(15)19-14-28-22(24-19)17-5-6-23-21(13-17)26-9-7-25(3)8-10-26/h5-6,11-14H,7-10H2,1-4H3. The van der Waals surface area contributed by atoms with Gasteiger partial charge in [0, 0.05) is 48.9 Å². The van der Waals surface area contributed by atoms with Crippen molar-refractivity contribution in [2.45, 2.75) is 13.8 Å². The summed E-state index contributed by atoms with van der Waals surface area (Å²) < 4.78 is 5.44. The van der Waals surface area contributed by atoms with Crippen molar-refractivity contribution < 1.29 is 4.74 Å². The number of thiazole rings is 1. The first-order valence-corrected chi connectivity index (χ1v) is 10.4. The Morgan fingerprint density at radius 2 is 1.82 bits per heavy atom. The van der Waals surface area contributed by atoms with E-state index in [1.54, 1.807) is 18.4 Å². The first kappa shape index (κ1) is 18.9. The molecule has 1 aromatic carbocycles. The molecule has 6 heteroatoms. The number of nitrogens with zero attached hydrogens (tertiary/aromatic N) is 4. The predicted molar refractivity (Wildman–Crippen MR) is 117 cm³/mol. The summed E-state index contributed by atoms with van der Waals surface area (Å²) in [5.41, 5.74) is 5.60. The molecule has 0 radical (unpaired) electrons. The average Bonchev–Trinajstić information content (AvgIpc) is 3.20. The zero-order chi connectivity index (χ0) is 19.7. The van der Waals surface area contributed by atoms with Crippen molar-refractivity contribution >= 4 is 17.2 Å². The molecule has 0 aliphatic carbocycles. The minimum Gasteiger partial charge on any atom is -0.496 e. The SMILES string of the molecule is COc1cc(C)c(-c2csc(-c3ccnc(N4CCN(C)CC4)c3)n2)cc1C. The van der Waals surface area contributed by atoms with E-state index in [4.69, 9.17) is 9.72 Å². The third kappa shape index (κ3) is 3.75. The summed E-state index contributed by atoms with van der Waals surface area (Å²) >= 11 is 1.68. The predicted octanol–water partition coefficient (Wildman–Crippen LogP) is 4.25. The van der Waals surface area contributed by atoms with Gasteiger partial charge in [-0.3, -0.25) is 0 Å². The Morgan fingerprint density at radius 3 is 2.57 bits per heavy atom. The van der Waals surface area contributed by atoms with Crippen molar-refractivity contribution in [3.8, 4) is 27.6 Å². The van der Waals surface area contributed by atoms with E-state index in [1.165, 1.54) is 5.56 Å². The highest BCUT2D eigenvalue weighted by Gasteiger charge is 2.17. The van der Waals surface area contributed by atoms with Crippen LogP contribution in [0.1, 0.15) is 11.1 Å². The van der Waals surface area contributed by atoms with Crippen molar-refractivity contribution in [1.82, 2.24) is 14.9 Å². The Morgan fingerprint density at radius 1 is 1.04 bits per heavy atom. The van der Waals surface area contributed by atoms with Crippen molar-refractivity contribution in [1.29, 1.82) is 0 Å². The van der Waals surface area contributed by atoms with Crippen LogP contribution in [-0.4, -0.2) is 55.2 Å². The number of aryl methyl sites for hydroxylation is 2. The van der Waals surface area contributed by atoms with Gasteiger partial charge >= 0.3 is 0 Å². The van der Waals surface area contributed by atoms with Crippen LogP contribution in [0.15, 0.2) is 35.8 Å². The summed E-state index contributed by atoms with van der Waals surface area (Å²) in [6.45, 7) is 8.35. The lowest BCUT2D eigenvalue weighted by atomic mass is 10.0. The number of piperazine rings is 1. The quantitative estimate of drug-likeness (QED) is 0.662. The zero-order valence-corrected chi connectivity index (χ0v) is 17.7. The molecule has 3 aromatic rings. The zero-order valence-electron chi connectivity index (χ0n) is 16.9. The van der Waals surface area contributed by atoms with E-state index >= 15 is 0 Å². The number of hydrogen-bond acceptors (Lipinski definition) is 6. The Hall–Kier alpha value is -2.44. The molecular weight excluding hydrogens is 368 g/mol. The number of rotatable bonds is 4. The van der Waals surface area contributed by atoms with E-state index < -0.39 is 0 Å². The van der Waals surface area contributed by atoms with Gasteiger partial charge in [0.25, 0.3) is 0 Å². The van der Waals surface area contributed by atoms with Crippen LogP contribution in [0.4, 0.5) is 5.82 Å².